The molecule has 0 saturated carbocycles. The Bertz CT molecular complexity index is 546. The van der Waals surface area contributed by atoms with Gasteiger partial charge in [-0.3, -0.25) is 0 Å². The standard InChI is InChI=1S/C15H18N2/c16-9-2-4-11-3-1-5-14-13(11)7-6-12-8-10-17-15(12)14/h1,3,5-7,17H,2,4,8-10,16H2. The Balaban J connectivity index is 2.13. The van der Waals surface area contributed by atoms with Gasteiger partial charge in [-0.2, -0.15) is 0 Å². The molecule has 2 aromatic rings. The Morgan fingerprint density at radius 1 is 1.12 bits per heavy atom. The Morgan fingerprint density at radius 3 is 2.94 bits per heavy atom. The van der Waals surface area contributed by atoms with Gasteiger partial charge >= 0.3 is 0 Å². The number of benzene rings is 2. The van der Waals surface area contributed by atoms with Crippen molar-refractivity contribution < 1.29 is 0 Å². The van der Waals surface area contributed by atoms with Gasteiger partial charge in [-0.05, 0) is 42.3 Å². The van der Waals surface area contributed by atoms with E-state index in [4.69, 9.17) is 5.73 Å². The summed E-state index contributed by atoms with van der Waals surface area (Å²) in [6.45, 7) is 1.83. The molecule has 0 fully saturated rings. The van der Waals surface area contributed by atoms with Crippen LogP contribution in [0.2, 0.25) is 0 Å². The van der Waals surface area contributed by atoms with E-state index in [-0.39, 0.29) is 0 Å². The molecule has 0 bridgehead atoms. The van der Waals surface area contributed by atoms with Crippen LogP contribution in [0.15, 0.2) is 30.3 Å². The molecule has 2 aromatic carbocycles. The van der Waals surface area contributed by atoms with Gasteiger partial charge in [0.05, 0.1) is 0 Å². The fourth-order valence-electron chi connectivity index (χ4n) is 2.72. The van der Waals surface area contributed by atoms with Crippen molar-refractivity contribution >= 4 is 16.5 Å². The predicted molar refractivity (Wildman–Crippen MR) is 73.5 cm³/mol. The van der Waals surface area contributed by atoms with Crippen LogP contribution in [-0.4, -0.2) is 13.1 Å². The van der Waals surface area contributed by atoms with Crippen molar-refractivity contribution in [1.82, 2.24) is 0 Å². The van der Waals surface area contributed by atoms with Crippen LogP contribution < -0.4 is 11.1 Å². The Hall–Kier alpha value is -1.54. The second kappa shape index (κ2) is 4.38. The molecular formula is C15H18N2. The first-order chi connectivity index (χ1) is 8.40. The lowest BCUT2D eigenvalue weighted by molar-refractivity contribution is 0.837. The number of hydrogen-bond donors (Lipinski definition) is 2. The average Bonchev–Trinajstić information content (AvgIpc) is 2.84. The molecule has 0 amide bonds. The highest BCUT2D eigenvalue weighted by atomic mass is 14.9. The maximum absolute atomic E-state index is 5.60. The Labute approximate surface area is 102 Å². The van der Waals surface area contributed by atoms with Gasteiger partial charge in [0, 0.05) is 17.6 Å². The van der Waals surface area contributed by atoms with E-state index in [0.29, 0.717) is 0 Å². The highest BCUT2D eigenvalue weighted by Crippen LogP contribution is 2.33. The first kappa shape index (κ1) is 10.6. The zero-order valence-corrected chi connectivity index (χ0v) is 10.00. The number of anilines is 1. The SMILES string of the molecule is NCCCc1cccc2c3c(ccc12)CCN3. The summed E-state index contributed by atoms with van der Waals surface area (Å²) in [5.41, 5.74) is 9.82. The fraction of sp³-hybridized carbons (Fsp3) is 0.333. The molecule has 1 heterocycles. The first-order valence-electron chi connectivity index (χ1n) is 6.37. The van der Waals surface area contributed by atoms with Gasteiger partial charge in [0.2, 0.25) is 0 Å². The molecule has 17 heavy (non-hydrogen) atoms. The van der Waals surface area contributed by atoms with Gasteiger partial charge in [0.25, 0.3) is 0 Å². The number of nitrogens with two attached hydrogens (primary N) is 1. The third-order valence-electron chi connectivity index (χ3n) is 3.58. The molecule has 0 aliphatic carbocycles. The summed E-state index contributed by atoms with van der Waals surface area (Å²) in [7, 11) is 0. The van der Waals surface area contributed by atoms with Gasteiger partial charge < -0.3 is 11.1 Å². The van der Waals surface area contributed by atoms with Crippen molar-refractivity contribution in [1.29, 1.82) is 0 Å². The van der Waals surface area contributed by atoms with Crippen LogP contribution in [0.5, 0.6) is 0 Å². The summed E-state index contributed by atoms with van der Waals surface area (Å²) in [6, 6.07) is 11.1. The Morgan fingerprint density at radius 2 is 2.06 bits per heavy atom. The largest absolute Gasteiger partial charge is 0.384 e. The third kappa shape index (κ3) is 1.79. The highest BCUT2D eigenvalue weighted by Gasteiger charge is 2.13. The van der Waals surface area contributed by atoms with Crippen molar-refractivity contribution in [3.63, 3.8) is 0 Å². The molecule has 0 atom stereocenters. The van der Waals surface area contributed by atoms with Crippen molar-refractivity contribution in [3.05, 3.63) is 41.5 Å². The summed E-state index contributed by atoms with van der Waals surface area (Å²) in [5.74, 6) is 0. The van der Waals surface area contributed by atoms with Gasteiger partial charge in [-0.25, -0.2) is 0 Å². The minimum atomic E-state index is 0.763. The van der Waals surface area contributed by atoms with Crippen LogP contribution in [-0.2, 0) is 12.8 Å². The highest BCUT2D eigenvalue weighted by molar-refractivity contribution is 5.98. The van der Waals surface area contributed by atoms with Crippen molar-refractivity contribution in [3.8, 4) is 0 Å². The van der Waals surface area contributed by atoms with E-state index >= 15 is 0 Å². The number of fused-ring (bicyclic) bond motifs is 3. The summed E-state index contributed by atoms with van der Waals surface area (Å²) in [5, 5.41) is 6.26. The molecule has 1 aliphatic rings. The van der Waals surface area contributed by atoms with Crippen LogP contribution in [0, 0.1) is 0 Å². The van der Waals surface area contributed by atoms with Gasteiger partial charge in [-0.1, -0.05) is 30.3 Å². The fourth-order valence-corrected chi connectivity index (χ4v) is 2.72. The summed E-state index contributed by atoms with van der Waals surface area (Å²) < 4.78 is 0. The number of rotatable bonds is 3. The number of nitrogens with one attached hydrogen (secondary N) is 1. The molecule has 0 radical (unpaired) electrons. The summed E-state index contributed by atoms with van der Waals surface area (Å²) in [4.78, 5) is 0. The molecule has 0 unspecified atom stereocenters. The zero-order valence-electron chi connectivity index (χ0n) is 10.00. The molecule has 0 aromatic heterocycles. The average molecular weight is 226 g/mol. The molecule has 0 spiro atoms. The van der Waals surface area contributed by atoms with E-state index in [1.807, 2.05) is 0 Å². The molecule has 3 rings (SSSR count). The minimum Gasteiger partial charge on any atom is -0.384 e. The molecule has 2 nitrogen and oxygen atoms in total. The normalized spacial score (nSPS) is 13.7. The lowest BCUT2D eigenvalue weighted by Crippen LogP contribution is -2.00. The number of hydrogen-bond acceptors (Lipinski definition) is 2. The maximum atomic E-state index is 5.60. The Kier molecular flexibility index (Phi) is 2.73. The van der Waals surface area contributed by atoms with Crippen molar-refractivity contribution in [2.75, 3.05) is 18.4 Å². The van der Waals surface area contributed by atoms with E-state index in [9.17, 15) is 0 Å². The van der Waals surface area contributed by atoms with Crippen molar-refractivity contribution in [2.24, 2.45) is 5.73 Å². The second-order valence-electron chi connectivity index (χ2n) is 4.68. The first-order valence-corrected chi connectivity index (χ1v) is 6.37. The lowest BCUT2D eigenvalue weighted by Gasteiger charge is -2.10. The molecule has 2 heteroatoms. The van der Waals surface area contributed by atoms with Gasteiger partial charge in [-0.15, -0.1) is 0 Å². The topological polar surface area (TPSA) is 38.0 Å². The summed E-state index contributed by atoms with van der Waals surface area (Å²) >= 11 is 0. The van der Waals surface area contributed by atoms with Gasteiger partial charge in [0.15, 0.2) is 0 Å². The zero-order chi connectivity index (χ0) is 11.7. The van der Waals surface area contributed by atoms with Gasteiger partial charge in [0.1, 0.15) is 0 Å². The second-order valence-corrected chi connectivity index (χ2v) is 4.68. The summed E-state index contributed by atoms with van der Waals surface area (Å²) in [6.07, 6.45) is 3.29. The molecule has 0 saturated heterocycles. The lowest BCUT2D eigenvalue weighted by atomic mass is 9.97. The van der Waals surface area contributed by atoms with Crippen LogP contribution in [0.1, 0.15) is 17.5 Å². The van der Waals surface area contributed by atoms with E-state index in [1.54, 1.807) is 0 Å². The van der Waals surface area contributed by atoms with E-state index in [1.165, 1.54) is 27.6 Å². The van der Waals surface area contributed by atoms with Crippen LogP contribution >= 0.6 is 0 Å². The third-order valence-corrected chi connectivity index (χ3v) is 3.58. The van der Waals surface area contributed by atoms with E-state index in [2.05, 4.69) is 35.6 Å². The molecular weight excluding hydrogens is 208 g/mol. The minimum absolute atomic E-state index is 0.763. The van der Waals surface area contributed by atoms with Crippen LogP contribution in [0.25, 0.3) is 10.8 Å². The maximum Gasteiger partial charge on any atom is 0.0453 e. The van der Waals surface area contributed by atoms with Crippen molar-refractivity contribution in [2.45, 2.75) is 19.3 Å². The van der Waals surface area contributed by atoms with E-state index < -0.39 is 0 Å². The monoisotopic (exact) mass is 226 g/mol. The quantitative estimate of drug-likeness (QED) is 0.844. The van der Waals surface area contributed by atoms with E-state index in [0.717, 1.165) is 32.4 Å². The smallest absolute Gasteiger partial charge is 0.0453 e. The predicted octanol–water partition coefficient (Wildman–Crippen LogP) is 2.70. The number of aryl methyl sites for hydroxylation is 1. The molecule has 88 valence electrons. The molecule has 1 aliphatic heterocycles. The molecule has 3 N–H and O–H groups in total. The van der Waals surface area contributed by atoms with Crippen LogP contribution in [0.3, 0.4) is 0 Å². The van der Waals surface area contributed by atoms with Crippen LogP contribution in [0.4, 0.5) is 5.69 Å².